The number of nitrogens with one attached hydrogen (secondary N) is 2. The summed E-state index contributed by atoms with van der Waals surface area (Å²) in [6.45, 7) is 4.18. The molecule has 0 bridgehead atoms. The molecule has 0 amide bonds. The lowest BCUT2D eigenvalue weighted by atomic mass is 10.1. The minimum atomic E-state index is 0.653. The minimum Gasteiger partial charge on any atom is -0.493 e. The third-order valence-corrected chi connectivity index (χ3v) is 4.10. The van der Waals surface area contributed by atoms with Gasteiger partial charge in [-0.2, -0.15) is 0 Å². The van der Waals surface area contributed by atoms with Crippen molar-refractivity contribution >= 4 is 23.0 Å². The number of methoxy groups -OCH3 is 2. The SMILES string of the molecule is COc1ccc(Nc2cc(Nc3ccc(C)c(C)c3)ncn2)cc1OC. The van der Waals surface area contributed by atoms with Crippen LogP contribution in [0.5, 0.6) is 11.5 Å². The molecule has 0 aliphatic rings. The number of nitrogens with zero attached hydrogens (tertiary/aromatic N) is 2. The van der Waals surface area contributed by atoms with Gasteiger partial charge < -0.3 is 20.1 Å². The highest BCUT2D eigenvalue weighted by Crippen LogP contribution is 2.31. The van der Waals surface area contributed by atoms with Gasteiger partial charge in [-0.25, -0.2) is 9.97 Å². The molecule has 1 heterocycles. The van der Waals surface area contributed by atoms with Crippen LogP contribution in [0.1, 0.15) is 11.1 Å². The van der Waals surface area contributed by atoms with Crippen LogP contribution >= 0.6 is 0 Å². The highest BCUT2D eigenvalue weighted by Gasteiger charge is 2.06. The maximum absolute atomic E-state index is 5.33. The van der Waals surface area contributed by atoms with Gasteiger partial charge in [0.25, 0.3) is 0 Å². The number of rotatable bonds is 6. The van der Waals surface area contributed by atoms with E-state index in [1.54, 1.807) is 14.2 Å². The van der Waals surface area contributed by atoms with Crippen LogP contribution in [0.4, 0.5) is 23.0 Å². The summed E-state index contributed by atoms with van der Waals surface area (Å²) in [5.41, 5.74) is 4.32. The zero-order valence-electron chi connectivity index (χ0n) is 15.3. The highest BCUT2D eigenvalue weighted by molar-refractivity contribution is 5.65. The van der Waals surface area contributed by atoms with E-state index >= 15 is 0 Å². The van der Waals surface area contributed by atoms with E-state index in [1.807, 2.05) is 30.3 Å². The van der Waals surface area contributed by atoms with Crippen LogP contribution in [0.15, 0.2) is 48.8 Å². The van der Waals surface area contributed by atoms with E-state index in [4.69, 9.17) is 9.47 Å². The average molecular weight is 350 g/mol. The average Bonchev–Trinajstić information content (AvgIpc) is 2.65. The molecule has 3 rings (SSSR count). The van der Waals surface area contributed by atoms with Gasteiger partial charge in [-0.3, -0.25) is 0 Å². The first-order chi connectivity index (χ1) is 12.6. The maximum Gasteiger partial charge on any atom is 0.162 e. The van der Waals surface area contributed by atoms with Crippen LogP contribution < -0.4 is 20.1 Å². The van der Waals surface area contributed by atoms with Gasteiger partial charge in [-0.1, -0.05) is 6.07 Å². The fourth-order valence-electron chi connectivity index (χ4n) is 2.52. The van der Waals surface area contributed by atoms with Crippen molar-refractivity contribution in [2.45, 2.75) is 13.8 Å². The van der Waals surface area contributed by atoms with E-state index in [0.717, 1.165) is 11.4 Å². The van der Waals surface area contributed by atoms with Crippen molar-refractivity contribution in [3.8, 4) is 11.5 Å². The molecule has 3 aromatic rings. The molecule has 0 atom stereocenters. The van der Waals surface area contributed by atoms with Gasteiger partial charge in [0.1, 0.15) is 18.0 Å². The molecule has 2 aromatic carbocycles. The minimum absolute atomic E-state index is 0.653. The number of ether oxygens (including phenoxy) is 2. The van der Waals surface area contributed by atoms with Crippen LogP contribution in [0.2, 0.25) is 0 Å². The second kappa shape index (κ2) is 7.74. The van der Waals surface area contributed by atoms with Gasteiger partial charge in [0.2, 0.25) is 0 Å². The second-order valence-corrected chi connectivity index (χ2v) is 5.91. The molecular formula is C20H22N4O2. The first kappa shape index (κ1) is 17.5. The summed E-state index contributed by atoms with van der Waals surface area (Å²) in [7, 11) is 3.22. The Labute approximate surface area is 153 Å². The summed E-state index contributed by atoms with van der Waals surface area (Å²) >= 11 is 0. The van der Waals surface area contributed by atoms with Crippen LogP contribution in [0.25, 0.3) is 0 Å². The van der Waals surface area contributed by atoms with E-state index < -0.39 is 0 Å². The number of aryl methyl sites for hydroxylation is 2. The van der Waals surface area contributed by atoms with Crippen molar-refractivity contribution in [3.63, 3.8) is 0 Å². The van der Waals surface area contributed by atoms with Crippen LogP contribution in [0, 0.1) is 13.8 Å². The zero-order valence-corrected chi connectivity index (χ0v) is 15.3. The molecule has 0 fully saturated rings. The Hall–Kier alpha value is -3.28. The van der Waals surface area contributed by atoms with E-state index in [2.05, 4.69) is 46.6 Å². The Kier molecular flexibility index (Phi) is 5.22. The Morgan fingerprint density at radius 1 is 0.692 bits per heavy atom. The summed E-state index contributed by atoms with van der Waals surface area (Å²) in [6.07, 6.45) is 1.52. The van der Waals surface area contributed by atoms with Gasteiger partial charge in [0.05, 0.1) is 14.2 Å². The fourth-order valence-corrected chi connectivity index (χ4v) is 2.52. The van der Waals surface area contributed by atoms with E-state index in [-0.39, 0.29) is 0 Å². The molecule has 0 saturated heterocycles. The molecule has 0 aliphatic carbocycles. The van der Waals surface area contributed by atoms with Crippen molar-refractivity contribution in [3.05, 3.63) is 59.9 Å². The molecule has 0 radical (unpaired) electrons. The lowest BCUT2D eigenvalue weighted by Crippen LogP contribution is -1.99. The normalized spacial score (nSPS) is 10.3. The third-order valence-electron chi connectivity index (χ3n) is 4.10. The first-order valence-corrected chi connectivity index (χ1v) is 8.24. The van der Waals surface area contributed by atoms with E-state index in [0.29, 0.717) is 23.1 Å². The van der Waals surface area contributed by atoms with E-state index in [9.17, 15) is 0 Å². The molecule has 0 saturated carbocycles. The van der Waals surface area contributed by atoms with Crippen LogP contribution in [-0.4, -0.2) is 24.2 Å². The van der Waals surface area contributed by atoms with Crippen molar-refractivity contribution in [1.82, 2.24) is 9.97 Å². The molecule has 1 aromatic heterocycles. The first-order valence-electron chi connectivity index (χ1n) is 8.24. The molecule has 0 aliphatic heterocycles. The van der Waals surface area contributed by atoms with Gasteiger partial charge >= 0.3 is 0 Å². The molecule has 6 nitrogen and oxygen atoms in total. The molecular weight excluding hydrogens is 328 g/mol. The van der Waals surface area contributed by atoms with E-state index in [1.165, 1.54) is 17.5 Å². The molecule has 0 unspecified atom stereocenters. The number of hydrogen-bond donors (Lipinski definition) is 2. The zero-order chi connectivity index (χ0) is 18.5. The predicted octanol–water partition coefficient (Wildman–Crippen LogP) is 4.60. The van der Waals surface area contributed by atoms with Crippen molar-refractivity contribution in [2.24, 2.45) is 0 Å². The van der Waals surface area contributed by atoms with Crippen LogP contribution in [-0.2, 0) is 0 Å². The predicted molar refractivity (Wildman–Crippen MR) is 104 cm³/mol. The summed E-state index contributed by atoms with van der Waals surface area (Å²) in [5, 5.41) is 6.55. The quantitative estimate of drug-likeness (QED) is 0.677. The third kappa shape index (κ3) is 4.03. The van der Waals surface area contributed by atoms with Crippen LogP contribution in [0.3, 0.4) is 0 Å². The standard InChI is InChI=1S/C20H22N4O2/c1-13-5-6-15(9-14(13)2)23-19-11-20(22-12-21-19)24-16-7-8-17(25-3)18(10-16)26-4/h5-12H,1-4H3,(H2,21,22,23,24). The van der Waals surface area contributed by atoms with Gasteiger partial charge in [0.15, 0.2) is 11.5 Å². The Balaban J connectivity index is 1.78. The number of anilines is 4. The number of benzene rings is 2. The Morgan fingerprint density at radius 3 is 1.92 bits per heavy atom. The molecule has 2 N–H and O–H groups in total. The number of aromatic nitrogens is 2. The largest absolute Gasteiger partial charge is 0.493 e. The lowest BCUT2D eigenvalue weighted by molar-refractivity contribution is 0.355. The Bertz CT molecular complexity index is 912. The van der Waals surface area contributed by atoms with Gasteiger partial charge in [0, 0.05) is 23.5 Å². The molecule has 6 heteroatoms. The molecule has 134 valence electrons. The highest BCUT2D eigenvalue weighted by atomic mass is 16.5. The lowest BCUT2D eigenvalue weighted by Gasteiger charge is -2.12. The maximum atomic E-state index is 5.33. The van der Waals surface area contributed by atoms with Crippen molar-refractivity contribution in [1.29, 1.82) is 0 Å². The van der Waals surface area contributed by atoms with Gasteiger partial charge in [-0.05, 0) is 49.2 Å². The fraction of sp³-hybridized carbons (Fsp3) is 0.200. The smallest absolute Gasteiger partial charge is 0.162 e. The second-order valence-electron chi connectivity index (χ2n) is 5.91. The molecule has 26 heavy (non-hydrogen) atoms. The molecule has 0 spiro atoms. The van der Waals surface area contributed by atoms with Crippen molar-refractivity contribution < 1.29 is 9.47 Å². The van der Waals surface area contributed by atoms with Gasteiger partial charge in [-0.15, -0.1) is 0 Å². The Morgan fingerprint density at radius 2 is 1.31 bits per heavy atom. The monoisotopic (exact) mass is 350 g/mol. The topological polar surface area (TPSA) is 68.3 Å². The summed E-state index contributed by atoms with van der Waals surface area (Å²) in [6, 6.07) is 13.7. The summed E-state index contributed by atoms with van der Waals surface area (Å²) in [4.78, 5) is 8.55. The van der Waals surface area contributed by atoms with Crippen molar-refractivity contribution in [2.75, 3.05) is 24.9 Å². The number of hydrogen-bond acceptors (Lipinski definition) is 6. The summed E-state index contributed by atoms with van der Waals surface area (Å²) in [5.74, 6) is 2.72. The summed E-state index contributed by atoms with van der Waals surface area (Å²) < 4.78 is 10.6.